The van der Waals surface area contributed by atoms with Gasteiger partial charge < -0.3 is 5.11 Å². The van der Waals surface area contributed by atoms with Crippen molar-refractivity contribution in [2.75, 3.05) is 5.75 Å². The number of rotatable bonds is 1. The molecule has 0 radical (unpaired) electrons. The van der Waals surface area contributed by atoms with Crippen LogP contribution in [0.25, 0.3) is 0 Å². The lowest BCUT2D eigenvalue weighted by Gasteiger charge is -1.78. The van der Waals surface area contributed by atoms with Crippen LogP contribution in [0.5, 0.6) is 0 Å². The monoisotopic (exact) mass is 206 g/mol. The van der Waals surface area contributed by atoms with Crippen molar-refractivity contribution in [3.63, 3.8) is 0 Å². The molecule has 12 heavy (non-hydrogen) atoms. The molecule has 66 valence electrons. The zero-order valence-electron chi connectivity index (χ0n) is 6.01. The van der Waals surface area contributed by atoms with E-state index in [0.717, 1.165) is 0 Å². The van der Waals surface area contributed by atoms with Crippen molar-refractivity contribution in [1.29, 1.82) is 0 Å². The van der Waals surface area contributed by atoms with Crippen LogP contribution in [-0.2, 0) is 4.79 Å². The molecule has 0 aliphatic carbocycles. The third-order valence-corrected chi connectivity index (χ3v) is 1.15. The number of thiol groups is 1. The van der Waals surface area contributed by atoms with Gasteiger partial charge in [-0.3, -0.25) is 4.79 Å². The normalized spacial score (nSPS) is 8.17. The van der Waals surface area contributed by atoms with E-state index in [9.17, 15) is 4.79 Å². The number of halogens is 1. The molecule has 0 saturated carbocycles. The van der Waals surface area contributed by atoms with Gasteiger partial charge in [-0.05, 0) is 12.1 Å². The number of carboxylic acid groups (broad SMARTS) is 1. The molecular formula is C6H7ClN2O2S. The molecule has 0 amide bonds. The number of aliphatic carboxylic acids is 1. The van der Waals surface area contributed by atoms with Crippen molar-refractivity contribution in [2.45, 2.75) is 0 Å². The summed E-state index contributed by atoms with van der Waals surface area (Å²) in [4.78, 5) is 9.29. The van der Waals surface area contributed by atoms with E-state index >= 15 is 0 Å². The number of aromatic nitrogens is 2. The van der Waals surface area contributed by atoms with Crippen LogP contribution < -0.4 is 0 Å². The summed E-state index contributed by atoms with van der Waals surface area (Å²) >= 11 is 8.78. The van der Waals surface area contributed by atoms with Crippen molar-refractivity contribution in [3.05, 3.63) is 23.5 Å². The van der Waals surface area contributed by atoms with Crippen LogP contribution in [0.1, 0.15) is 0 Å². The molecule has 6 heteroatoms. The fraction of sp³-hybridized carbons (Fsp3) is 0.167. The maximum atomic E-state index is 9.29. The fourth-order valence-corrected chi connectivity index (χ4v) is 0.399. The molecule has 0 atom stereocenters. The van der Waals surface area contributed by atoms with Crippen LogP contribution in [0.3, 0.4) is 0 Å². The van der Waals surface area contributed by atoms with Crippen LogP contribution in [0, 0.1) is 0 Å². The minimum absolute atomic E-state index is 0.0833. The molecular weight excluding hydrogens is 200 g/mol. The highest BCUT2D eigenvalue weighted by molar-refractivity contribution is 7.81. The molecule has 0 saturated heterocycles. The fourth-order valence-electron chi connectivity index (χ4n) is 0.283. The molecule has 1 aromatic heterocycles. The van der Waals surface area contributed by atoms with Gasteiger partial charge in [0, 0.05) is 6.20 Å². The molecule has 0 fully saturated rings. The van der Waals surface area contributed by atoms with Gasteiger partial charge in [0.05, 0.1) is 5.75 Å². The highest BCUT2D eigenvalue weighted by Crippen LogP contribution is 1.96. The summed E-state index contributed by atoms with van der Waals surface area (Å²) < 4.78 is 0. The Bertz CT molecular complexity index is 232. The van der Waals surface area contributed by atoms with Crippen molar-refractivity contribution >= 4 is 30.2 Å². The van der Waals surface area contributed by atoms with Crippen molar-refractivity contribution < 1.29 is 9.90 Å². The first-order chi connectivity index (χ1) is 5.66. The van der Waals surface area contributed by atoms with E-state index in [-0.39, 0.29) is 5.75 Å². The molecule has 0 bridgehead atoms. The third-order valence-electron chi connectivity index (χ3n) is 0.675. The van der Waals surface area contributed by atoms with E-state index in [4.69, 9.17) is 16.7 Å². The molecule has 1 aromatic rings. The van der Waals surface area contributed by atoms with Crippen molar-refractivity contribution in [3.8, 4) is 0 Å². The lowest BCUT2D eigenvalue weighted by Crippen LogP contribution is -1.92. The second-order valence-electron chi connectivity index (χ2n) is 1.60. The average molecular weight is 207 g/mol. The first-order valence-corrected chi connectivity index (χ1v) is 3.93. The molecule has 0 aliphatic heterocycles. The average Bonchev–Trinajstić information content (AvgIpc) is 2.07. The second-order valence-corrected chi connectivity index (χ2v) is 2.30. The second kappa shape index (κ2) is 6.87. The number of hydrogen-bond donors (Lipinski definition) is 2. The summed E-state index contributed by atoms with van der Waals surface area (Å²) in [5.74, 6) is -0.965. The number of carboxylic acids is 1. The predicted octanol–water partition coefficient (Wildman–Crippen LogP) is 1.13. The van der Waals surface area contributed by atoms with E-state index in [0.29, 0.717) is 5.15 Å². The number of nitrogens with zero attached hydrogens (tertiary/aromatic N) is 2. The predicted molar refractivity (Wildman–Crippen MR) is 48.5 cm³/mol. The molecule has 1 N–H and O–H groups in total. The van der Waals surface area contributed by atoms with E-state index in [1.165, 1.54) is 0 Å². The van der Waals surface area contributed by atoms with Gasteiger partial charge in [0.2, 0.25) is 0 Å². The standard InChI is InChI=1S/C4H3ClN2.C2H4O2S/c5-4-2-1-3-6-7-4;3-2(4)1-5/h1-3H;5H,1H2,(H,3,4). The maximum absolute atomic E-state index is 9.29. The van der Waals surface area contributed by atoms with E-state index in [1.54, 1.807) is 18.3 Å². The first kappa shape index (κ1) is 11.2. The Morgan fingerprint density at radius 3 is 2.50 bits per heavy atom. The zero-order chi connectivity index (χ0) is 9.40. The van der Waals surface area contributed by atoms with E-state index < -0.39 is 5.97 Å². The Morgan fingerprint density at radius 2 is 2.33 bits per heavy atom. The van der Waals surface area contributed by atoms with Gasteiger partial charge in [-0.2, -0.15) is 17.7 Å². The maximum Gasteiger partial charge on any atom is 0.313 e. The molecule has 0 spiro atoms. The van der Waals surface area contributed by atoms with Gasteiger partial charge in [-0.25, -0.2) is 0 Å². The van der Waals surface area contributed by atoms with Gasteiger partial charge in [-0.1, -0.05) is 11.6 Å². The van der Waals surface area contributed by atoms with Crippen molar-refractivity contribution in [1.82, 2.24) is 10.2 Å². The summed E-state index contributed by atoms with van der Waals surface area (Å²) in [6.07, 6.45) is 1.58. The minimum atomic E-state index is -0.881. The quantitative estimate of drug-likeness (QED) is 0.677. The van der Waals surface area contributed by atoms with Crippen LogP contribution in [-0.4, -0.2) is 27.0 Å². The first-order valence-electron chi connectivity index (χ1n) is 2.92. The van der Waals surface area contributed by atoms with Crippen LogP contribution in [0.2, 0.25) is 5.15 Å². The highest BCUT2D eigenvalue weighted by Gasteiger charge is 1.81. The largest absolute Gasteiger partial charge is 0.481 e. The van der Waals surface area contributed by atoms with Crippen molar-refractivity contribution in [2.24, 2.45) is 0 Å². The molecule has 0 aromatic carbocycles. The minimum Gasteiger partial charge on any atom is -0.481 e. The van der Waals surface area contributed by atoms with E-state index in [1.807, 2.05) is 0 Å². The Morgan fingerprint density at radius 1 is 1.75 bits per heavy atom. The van der Waals surface area contributed by atoms with Gasteiger partial charge in [0.25, 0.3) is 0 Å². The van der Waals surface area contributed by atoms with E-state index in [2.05, 4.69) is 22.8 Å². The molecule has 1 rings (SSSR count). The van der Waals surface area contributed by atoms with Crippen LogP contribution in [0.4, 0.5) is 0 Å². The lowest BCUT2D eigenvalue weighted by atomic mass is 10.6. The Balaban J connectivity index is 0.000000217. The SMILES string of the molecule is Clc1cccnn1.O=C(O)CS. The zero-order valence-corrected chi connectivity index (χ0v) is 7.66. The lowest BCUT2D eigenvalue weighted by molar-refractivity contribution is -0.133. The molecule has 0 unspecified atom stereocenters. The summed E-state index contributed by atoms with van der Waals surface area (Å²) in [5, 5.41) is 15.1. The Labute approximate surface area is 80.0 Å². The van der Waals surface area contributed by atoms with Crippen LogP contribution in [0.15, 0.2) is 18.3 Å². The molecule has 4 nitrogen and oxygen atoms in total. The van der Waals surface area contributed by atoms with Crippen LogP contribution >= 0.6 is 24.2 Å². The Kier molecular flexibility index (Phi) is 6.41. The van der Waals surface area contributed by atoms with Gasteiger partial charge in [-0.15, -0.1) is 5.10 Å². The summed E-state index contributed by atoms with van der Waals surface area (Å²) in [6.45, 7) is 0. The van der Waals surface area contributed by atoms with Gasteiger partial charge in [0.1, 0.15) is 0 Å². The smallest absolute Gasteiger partial charge is 0.313 e. The molecule has 1 heterocycles. The topological polar surface area (TPSA) is 63.1 Å². The van der Waals surface area contributed by atoms with Gasteiger partial charge >= 0.3 is 5.97 Å². The molecule has 0 aliphatic rings. The summed E-state index contributed by atoms with van der Waals surface area (Å²) in [6, 6.07) is 3.41. The highest BCUT2D eigenvalue weighted by atomic mass is 35.5. The number of carbonyl (C=O) groups is 1. The summed E-state index contributed by atoms with van der Waals surface area (Å²) in [5.41, 5.74) is 0. The van der Waals surface area contributed by atoms with Gasteiger partial charge in [0.15, 0.2) is 5.15 Å². The Hall–Kier alpha value is -0.810. The third kappa shape index (κ3) is 7.30. The summed E-state index contributed by atoms with van der Waals surface area (Å²) in [7, 11) is 0. The number of hydrogen-bond acceptors (Lipinski definition) is 4.